The molecule has 1 aliphatic heterocycles. The molecule has 0 aromatic heterocycles. The maximum atomic E-state index is 11.2. The average molecular weight is 297 g/mol. The Bertz CT molecular complexity index is 468. The highest BCUT2D eigenvalue weighted by molar-refractivity contribution is 5.73. The highest BCUT2D eigenvalue weighted by Crippen LogP contribution is 2.24. The zero-order valence-electron chi connectivity index (χ0n) is 11.5. The zero-order chi connectivity index (χ0) is 15.4. The number of ether oxygens (including phenoxy) is 2. The van der Waals surface area contributed by atoms with Gasteiger partial charge in [0.25, 0.3) is 0 Å². The maximum absolute atomic E-state index is 11.2. The van der Waals surface area contributed by atoms with E-state index in [0.717, 1.165) is 0 Å². The minimum atomic E-state index is -1.32. The van der Waals surface area contributed by atoms with Crippen LogP contribution >= 0.6 is 0 Å². The van der Waals surface area contributed by atoms with Crippen LogP contribution in [0.3, 0.4) is 0 Å². The van der Waals surface area contributed by atoms with Gasteiger partial charge in [-0.3, -0.25) is 4.79 Å². The fraction of sp³-hybridized carbons (Fsp3) is 0.500. The number of hydrogen-bond donors (Lipinski definition) is 4. The van der Waals surface area contributed by atoms with Gasteiger partial charge in [-0.1, -0.05) is 18.2 Å². The van der Waals surface area contributed by atoms with Crippen LogP contribution < -0.4 is 10.1 Å². The van der Waals surface area contributed by atoms with Gasteiger partial charge in [-0.2, -0.15) is 0 Å². The number of para-hydroxylation sites is 1. The molecule has 1 amide bonds. The van der Waals surface area contributed by atoms with Crippen LogP contribution in [0.5, 0.6) is 5.75 Å². The summed E-state index contributed by atoms with van der Waals surface area (Å²) in [6.45, 7) is 0.816. The molecule has 2 rings (SSSR count). The number of hydrogen-bond acceptors (Lipinski definition) is 6. The number of benzene rings is 1. The third-order valence-electron chi connectivity index (χ3n) is 3.25. The number of aliphatic hydroxyl groups excluding tert-OH is 3. The average Bonchev–Trinajstić information content (AvgIpc) is 2.47. The first-order valence-corrected chi connectivity index (χ1v) is 6.64. The van der Waals surface area contributed by atoms with Crippen molar-refractivity contribution in [1.29, 1.82) is 0 Å². The van der Waals surface area contributed by atoms with Crippen molar-refractivity contribution in [2.75, 3.05) is 6.61 Å². The minimum absolute atomic E-state index is 0.390. The third kappa shape index (κ3) is 3.70. The van der Waals surface area contributed by atoms with Crippen molar-refractivity contribution in [1.82, 2.24) is 5.32 Å². The normalized spacial score (nSPS) is 32.5. The minimum Gasteiger partial charge on any atom is -0.463 e. The fourth-order valence-electron chi connectivity index (χ4n) is 2.20. The molecule has 116 valence electrons. The predicted octanol–water partition coefficient (Wildman–Crippen LogP) is -0.991. The zero-order valence-corrected chi connectivity index (χ0v) is 11.5. The van der Waals surface area contributed by atoms with Crippen LogP contribution in [0.4, 0.5) is 0 Å². The molecule has 1 heterocycles. The Morgan fingerprint density at radius 1 is 1.29 bits per heavy atom. The van der Waals surface area contributed by atoms with Gasteiger partial charge in [0, 0.05) is 6.92 Å². The van der Waals surface area contributed by atoms with Crippen molar-refractivity contribution >= 4 is 5.91 Å². The summed E-state index contributed by atoms with van der Waals surface area (Å²) in [6, 6.07) is 7.79. The van der Waals surface area contributed by atoms with E-state index in [9.17, 15) is 20.1 Å². The summed E-state index contributed by atoms with van der Waals surface area (Å²) in [6.07, 6.45) is -4.64. The lowest BCUT2D eigenvalue weighted by Crippen LogP contribution is -2.65. The smallest absolute Gasteiger partial charge is 0.223 e. The number of carbonyl (C=O) groups excluding carboxylic acids is 1. The monoisotopic (exact) mass is 297 g/mol. The van der Waals surface area contributed by atoms with Crippen molar-refractivity contribution in [3.8, 4) is 5.75 Å². The highest BCUT2D eigenvalue weighted by Gasteiger charge is 2.45. The van der Waals surface area contributed by atoms with Crippen molar-refractivity contribution in [2.24, 2.45) is 0 Å². The number of aliphatic hydroxyl groups is 3. The van der Waals surface area contributed by atoms with Gasteiger partial charge < -0.3 is 30.1 Å². The molecule has 1 aromatic carbocycles. The van der Waals surface area contributed by atoms with Gasteiger partial charge in [-0.15, -0.1) is 0 Å². The summed E-state index contributed by atoms with van der Waals surface area (Å²) in [5, 5.41) is 31.7. The van der Waals surface area contributed by atoms with Crippen LogP contribution in [0.1, 0.15) is 6.92 Å². The predicted molar refractivity (Wildman–Crippen MR) is 72.4 cm³/mol. The number of carbonyl (C=O) groups is 1. The lowest BCUT2D eigenvalue weighted by molar-refractivity contribution is -0.244. The Morgan fingerprint density at radius 2 is 1.95 bits per heavy atom. The van der Waals surface area contributed by atoms with Crippen LogP contribution in [-0.2, 0) is 9.53 Å². The fourth-order valence-corrected chi connectivity index (χ4v) is 2.20. The molecule has 1 aliphatic rings. The summed E-state index contributed by atoms with van der Waals surface area (Å²) in [7, 11) is 0. The SMILES string of the molecule is CC(=O)NC1C(O)[C@@H](O)C(CO)O[C@H]1Oc1ccccc1. The number of nitrogens with one attached hydrogen (secondary N) is 1. The van der Waals surface area contributed by atoms with E-state index in [4.69, 9.17) is 9.47 Å². The molecule has 1 fully saturated rings. The molecule has 1 saturated heterocycles. The van der Waals surface area contributed by atoms with E-state index in [-0.39, 0.29) is 5.91 Å². The first-order chi connectivity index (χ1) is 10.0. The molecule has 0 bridgehead atoms. The maximum Gasteiger partial charge on any atom is 0.223 e. The van der Waals surface area contributed by atoms with E-state index in [2.05, 4.69) is 5.32 Å². The Morgan fingerprint density at radius 3 is 2.52 bits per heavy atom. The Balaban J connectivity index is 2.18. The van der Waals surface area contributed by atoms with Crippen molar-refractivity contribution in [2.45, 2.75) is 37.6 Å². The summed E-state index contributed by atoms with van der Waals surface area (Å²) in [4.78, 5) is 11.2. The first-order valence-electron chi connectivity index (χ1n) is 6.64. The molecule has 21 heavy (non-hydrogen) atoms. The summed E-state index contributed by atoms with van der Waals surface area (Å²) >= 11 is 0. The van der Waals surface area contributed by atoms with Crippen molar-refractivity contribution in [3.63, 3.8) is 0 Å². The van der Waals surface area contributed by atoms with E-state index in [1.54, 1.807) is 24.3 Å². The molecule has 3 unspecified atom stereocenters. The largest absolute Gasteiger partial charge is 0.463 e. The first kappa shape index (κ1) is 15.7. The molecular formula is C14H19NO6. The molecule has 7 nitrogen and oxygen atoms in total. The summed E-state index contributed by atoms with van der Waals surface area (Å²) in [5.41, 5.74) is 0. The number of rotatable bonds is 4. The van der Waals surface area contributed by atoms with Gasteiger partial charge in [-0.05, 0) is 12.1 Å². The topological polar surface area (TPSA) is 108 Å². The second-order valence-corrected chi connectivity index (χ2v) is 4.86. The number of amides is 1. The van der Waals surface area contributed by atoms with E-state index in [0.29, 0.717) is 5.75 Å². The van der Waals surface area contributed by atoms with Crippen LogP contribution in [0.2, 0.25) is 0 Å². The highest BCUT2D eigenvalue weighted by atomic mass is 16.7. The third-order valence-corrected chi connectivity index (χ3v) is 3.25. The molecule has 5 atom stereocenters. The van der Waals surface area contributed by atoms with Gasteiger partial charge >= 0.3 is 0 Å². The van der Waals surface area contributed by atoms with E-state index < -0.39 is 37.3 Å². The van der Waals surface area contributed by atoms with Crippen molar-refractivity contribution in [3.05, 3.63) is 30.3 Å². The van der Waals surface area contributed by atoms with Crippen LogP contribution in [0.15, 0.2) is 30.3 Å². The molecular weight excluding hydrogens is 278 g/mol. The van der Waals surface area contributed by atoms with E-state index >= 15 is 0 Å². The molecule has 4 N–H and O–H groups in total. The Hall–Kier alpha value is -1.67. The van der Waals surface area contributed by atoms with Crippen LogP contribution in [-0.4, -0.2) is 58.5 Å². The van der Waals surface area contributed by atoms with Gasteiger partial charge in [0.2, 0.25) is 12.2 Å². The summed E-state index contributed by atoms with van der Waals surface area (Å²) < 4.78 is 11.0. The molecule has 0 radical (unpaired) electrons. The molecule has 1 aromatic rings. The van der Waals surface area contributed by atoms with Gasteiger partial charge in [0.1, 0.15) is 30.1 Å². The quantitative estimate of drug-likeness (QED) is 0.568. The lowest BCUT2D eigenvalue weighted by Gasteiger charge is -2.42. The van der Waals surface area contributed by atoms with Crippen molar-refractivity contribution < 1.29 is 29.6 Å². The Labute approximate surface area is 122 Å². The molecule has 0 spiro atoms. The molecule has 0 saturated carbocycles. The van der Waals surface area contributed by atoms with E-state index in [1.165, 1.54) is 6.92 Å². The Kier molecular flexibility index (Phi) is 5.13. The summed E-state index contributed by atoms with van der Waals surface area (Å²) in [5.74, 6) is 0.0945. The molecule has 0 aliphatic carbocycles. The van der Waals surface area contributed by atoms with Crippen LogP contribution in [0.25, 0.3) is 0 Å². The van der Waals surface area contributed by atoms with Gasteiger partial charge in [0.05, 0.1) is 6.61 Å². The lowest BCUT2D eigenvalue weighted by atomic mass is 9.97. The second kappa shape index (κ2) is 6.86. The van der Waals surface area contributed by atoms with Gasteiger partial charge in [0.15, 0.2) is 0 Å². The van der Waals surface area contributed by atoms with E-state index in [1.807, 2.05) is 6.07 Å². The van der Waals surface area contributed by atoms with Crippen LogP contribution in [0, 0.1) is 0 Å². The molecule has 7 heteroatoms. The standard InChI is InChI=1S/C14H19NO6/c1-8(17)15-11-13(19)12(18)10(7-16)21-14(11)20-9-5-3-2-4-6-9/h2-6,10-14,16,18-19H,7H2,1H3,(H,15,17)/t10?,11?,12-,13?,14+/m0/s1. The second-order valence-electron chi connectivity index (χ2n) is 4.86. The van der Waals surface area contributed by atoms with Gasteiger partial charge in [-0.25, -0.2) is 0 Å².